The first-order chi connectivity index (χ1) is 16.9. The van der Waals surface area contributed by atoms with Crippen LogP contribution in [-0.4, -0.2) is 47.4 Å². The van der Waals surface area contributed by atoms with Crippen LogP contribution in [0.2, 0.25) is 0 Å². The normalized spacial score (nSPS) is 22.1. The average molecular weight is 517 g/mol. The summed E-state index contributed by atoms with van der Waals surface area (Å²) in [6, 6.07) is 10.6. The van der Waals surface area contributed by atoms with E-state index in [1.165, 1.54) is 43.3 Å². The van der Waals surface area contributed by atoms with Crippen molar-refractivity contribution in [2.24, 2.45) is 11.8 Å². The summed E-state index contributed by atoms with van der Waals surface area (Å²) in [4.78, 5) is 37.2. The van der Waals surface area contributed by atoms with Crippen molar-refractivity contribution < 1.29 is 37.0 Å². The maximum absolute atomic E-state index is 13.1. The summed E-state index contributed by atoms with van der Waals surface area (Å²) in [6.07, 6.45) is -1.02. The molecule has 190 valence electrons. The Morgan fingerprint density at radius 3 is 2.33 bits per heavy atom. The number of nitrogens with zero attached hydrogens (tertiary/aromatic N) is 2. The van der Waals surface area contributed by atoms with Gasteiger partial charge in [0.25, 0.3) is 5.69 Å². The summed E-state index contributed by atoms with van der Waals surface area (Å²) < 4.78 is 36.7. The smallest absolute Gasteiger partial charge is 0.359 e. The third-order valence-corrected chi connectivity index (χ3v) is 7.58. The molecule has 1 fully saturated rings. The molecule has 2 aromatic rings. The van der Waals surface area contributed by atoms with Crippen LogP contribution in [0.25, 0.3) is 0 Å². The predicted molar refractivity (Wildman–Crippen MR) is 124 cm³/mol. The van der Waals surface area contributed by atoms with Crippen molar-refractivity contribution in [2.75, 3.05) is 0 Å². The summed E-state index contributed by atoms with van der Waals surface area (Å²) in [6.45, 7) is 4.57. The fourth-order valence-corrected chi connectivity index (χ4v) is 5.46. The molecule has 0 aliphatic carbocycles. The molecule has 1 saturated heterocycles. The summed E-state index contributed by atoms with van der Waals surface area (Å²) >= 11 is 0. The number of carbonyl (C=O) groups is 2. The molecule has 4 rings (SSSR count). The zero-order valence-electron chi connectivity index (χ0n) is 19.7. The molecule has 11 nitrogen and oxygen atoms in total. The van der Waals surface area contributed by atoms with Crippen molar-refractivity contribution in [1.82, 2.24) is 4.90 Å². The van der Waals surface area contributed by atoms with Gasteiger partial charge >= 0.3 is 16.1 Å². The number of ether oxygens (including phenoxy) is 1. The van der Waals surface area contributed by atoms with E-state index in [0.29, 0.717) is 5.56 Å². The number of benzene rings is 2. The number of hydrogen-bond acceptors (Lipinski definition) is 9. The van der Waals surface area contributed by atoms with Gasteiger partial charge in [-0.15, -0.1) is 0 Å². The van der Waals surface area contributed by atoms with E-state index in [2.05, 4.69) is 0 Å². The van der Waals surface area contributed by atoms with Gasteiger partial charge in [0.2, 0.25) is 5.91 Å². The SMILES string of the molecule is Cc1ccc(S(=O)(=O)OC2=C(C(=O)OCc3ccc([N+](=O)[O-])cc3)N3C(=O)[C@H]([C@@H](C)O)[C@H]3[C@H]2C)cc1. The van der Waals surface area contributed by atoms with Gasteiger partial charge in [-0.3, -0.25) is 19.8 Å². The van der Waals surface area contributed by atoms with Crippen LogP contribution in [0.3, 0.4) is 0 Å². The highest BCUT2D eigenvalue weighted by Crippen LogP contribution is 2.48. The maximum atomic E-state index is 13.1. The van der Waals surface area contributed by atoms with Crippen LogP contribution in [0.15, 0.2) is 64.9 Å². The summed E-state index contributed by atoms with van der Waals surface area (Å²) in [5, 5.41) is 20.9. The Kier molecular flexibility index (Phi) is 6.58. The predicted octanol–water partition coefficient (Wildman–Crippen LogP) is 2.42. The molecular formula is C24H24N2O9S. The zero-order valence-corrected chi connectivity index (χ0v) is 20.5. The molecule has 2 aliphatic rings. The Balaban J connectivity index is 1.64. The van der Waals surface area contributed by atoms with Gasteiger partial charge in [0.1, 0.15) is 11.5 Å². The Bertz CT molecular complexity index is 1350. The lowest BCUT2D eigenvalue weighted by atomic mass is 9.79. The van der Waals surface area contributed by atoms with E-state index in [1.807, 2.05) is 0 Å². The van der Waals surface area contributed by atoms with E-state index in [9.17, 15) is 33.2 Å². The lowest BCUT2D eigenvalue weighted by molar-refractivity contribution is -0.384. The van der Waals surface area contributed by atoms with E-state index in [4.69, 9.17) is 8.92 Å². The molecule has 2 aromatic carbocycles. The molecule has 0 aromatic heterocycles. The molecule has 1 N–H and O–H groups in total. The van der Waals surface area contributed by atoms with Gasteiger partial charge in [0.05, 0.1) is 23.0 Å². The van der Waals surface area contributed by atoms with Gasteiger partial charge in [-0.25, -0.2) is 4.79 Å². The van der Waals surface area contributed by atoms with Gasteiger partial charge in [-0.05, 0) is 43.7 Å². The molecular weight excluding hydrogens is 492 g/mol. The van der Waals surface area contributed by atoms with Crippen molar-refractivity contribution in [2.45, 2.75) is 44.4 Å². The monoisotopic (exact) mass is 516 g/mol. The van der Waals surface area contributed by atoms with Crippen molar-refractivity contribution in [3.05, 3.63) is 81.2 Å². The van der Waals surface area contributed by atoms with Crippen molar-refractivity contribution in [1.29, 1.82) is 0 Å². The fraction of sp³-hybridized carbons (Fsp3) is 0.333. The number of nitro benzene ring substituents is 1. The first-order valence-electron chi connectivity index (χ1n) is 11.1. The lowest BCUT2D eigenvalue weighted by Crippen LogP contribution is -2.63. The fourth-order valence-electron chi connectivity index (χ4n) is 4.42. The minimum atomic E-state index is -4.34. The second kappa shape index (κ2) is 9.36. The van der Waals surface area contributed by atoms with Gasteiger partial charge in [-0.1, -0.05) is 24.6 Å². The van der Waals surface area contributed by atoms with Crippen LogP contribution in [-0.2, 0) is 35.2 Å². The average Bonchev–Trinajstić information content (AvgIpc) is 3.05. The molecule has 0 unspecified atom stereocenters. The Morgan fingerprint density at radius 1 is 1.17 bits per heavy atom. The minimum absolute atomic E-state index is 0.126. The number of nitro groups is 1. The highest BCUT2D eigenvalue weighted by molar-refractivity contribution is 7.86. The highest BCUT2D eigenvalue weighted by Gasteiger charge is 2.61. The number of amides is 1. The number of hydrogen-bond donors (Lipinski definition) is 1. The molecule has 2 aliphatic heterocycles. The number of non-ortho nitro benzene ring substituents is 1. The summed E-state index contributed by atoms with van der Waals surface area (Å²) in [5.74, 6) is -3.33. The third kappa shape index (κ3) is 4.44. The van der Waals surface area contributed by atoms with Crippen LogP contribution >= 0.6 is 0 Å². The molecule has 0 saturated carbocycles. The van der Waals surface area contributed by atoms with E-state index in [1.54, 1.807) is 26.0 Å². The number of carbonyl (C=O) groups excluding carboxylic acids is 2. The number of aliphatic hydroxyl groups excluding tert-OH is 1. The highest BCUT2D eigenvalue weighted by atomic mass is 32.2. The number of esters is 1. The Labute approximate surface area is 207 Å². The largest absolute Gasteiger partial charge is 0.456 e. The number of aliphatic hydroxyl groups is 1. The number of aryl methyl sites for hydroxylation is 1. The van der Waals surface area contributed by atoms with E-state index < -0.39 is 50.9 Å². The zero-order chi connectivity index (χ0) is 26.4. The van der Waals surface area contributed by atoms with Crippen LogP contribution in [0.5, 0.6) is 0 Å². The van der Waals surface area contributed by atoms with Gasteiger partial charge < -0.3 is 14.0 Å². The van der Waals surface area contributed by atoms with Crippen molar-refractivity contribution in [3.63, 3.8) is 0 Å². The van der Waals surface area contributed by atoms with Crippen molar-refractivity contribution in [3.8, 4) is 0 Å². The minimum Gasteiger partial charge on any atom is -0.456 e. The number of β-lactam (4-membered cyclic amide) rings is 1. The number of rotatable bonds is 8. The number of fused-ring (bicyclic) bond motifs is 1. The van der Waals surface area contributed by atoms with Gasteiger partial charge in [0.15, 0.2) is 11.5 Å². The quantitative estimate of drug-likeness (QED) is 0.183. The molecule has 0 spiro atoms. The molecule has 4 atom stereocenters. The Hall–Kier alpha value is -3.77. The molecule has 0 bridgehead atoms. The van der Waals surface area contributed by atoms with Gasteiger partial charge in [-0.2, -0.15) is 8.42 Å². The van der Waals surface area contributed by atoms with Crippen LogP contribution in [0.1, 0.15) is 25.0 Å². The van der Waals surface area contributed by atoms with Gasteiger partial charge in [0, 0.05) is 18.1 Å². The van der Waals surface area contributed by atoms with E-state index >= 15 is 0 Å². The third-order valence-electron chi connectivity index (χ3n) is 6.33. The first-order valence-corrected chi connectivity index (χ1v) is 12.5. The maximum Gasteiger partial charge on any atom is 0.359 e. The topological polar surface area (TPSA) is 153 Å². The van der Waals surface area contributed by atoms with E-state index in [-0.39, 0.29) is 28.6 Å². The van der Waals surface area contributed by atoms with Crippen LogP contribution < -0.4 is 0 Å². The first kappa shape index (κ1) is 25.3. The van der Waals surface area contributed by atoms with Crippen LogP contribution in [0.4, 0.5) is 5.69 Å². The van der Waals surface area contributed by atoms with E-state index in [0.717, 1.165) is 10.5 Å². The summed E-state index contributed by atoms with van der Waals surface area (Å²) in [7, 11) is -4.34. The van der Waals surface area contributed by atoms with Crippen LogP contribution in [0, 0.1) is 28.9 Å². The molecule has 36 heavy (non-hydrogen) atoms. The second-order valence-electron chi connectivity index (χ2n) is 8.82. The standard InChI is InChI=1S/C24H24N2O9S/c1-13-4-10-18(11-5-13)36(32,33)35-22-14(2)20-19(15(3)27)23(28)25(20)21(22)24(29)34-12-16-6-8-17(9-7-16)26(30)31/h4-11,14-15,19-20,27H,12H2,1-3H3/t14-,15-,19-,20-/m1/s1. The molecule has 0 radical (unpaired) electrons. The summed E-state index contributed by atoms with van der Waals surface area (Å²) in [5.41, 5.74) is 0.815. The second-order valence-corrected chi connectivity index (χ2v) is 10.4. The lowest BCUT2D eigenvalue weighted by Gasteiger charge is -2.46. The Morgan fingerprint density at radius 2 is 1.78 bits per heavy atom. The molecule has 12 heteroatoms. The molecule has 2 heterocycles. The van der Waals surface area contributed by atoms with Crippen molar-refractivity contribution >= 4 is 27.7 Å². The molecule has 1 amide bonds.